The zero-order valence-corrected chi connectivity index (χ0v) is 10.8. The predicted octanol–water partition coefficient (Wildman–Crippen LogP) is 3.60. The molecule has 0 saturated carbocycles. The molecule has 2 rings (SSSR count). The number of carboxylic acids is 1. The van der Waals surface area contributed by atoms with E-state index in [1.807, 2.05) is 0 Å². The zero-order chi connectivity index (χ0) is 12.6. The summed E-state index contributed by atoms with van der Waals surface area (Å²) in [4.78, 5) is 11.6. The molecule has 6 heteroatoms. The van der Waals surface area contributed by atoms with Crippen LogP contribution in [-0.4, -0.2) is 11.1 Å². The lowest BCUT2D eigenvalue weighted by atomic mass is 10.2. The number of aromatic carboxylic acids is 1. The standard InChI is InChI=1S/C11H7BrFNO2S/c12-7-3-5(13)1-2-6(7)9-4-8(14)10(17-9)11(15)16/h1-4H,14H2,(H,15,16). The summed E-state index contributed by atoms with van der Waals surface area (Å²) < 4.78 is 13.5. The van der Waals surface area contributed by atoms with Crippen LogP contribution in [0.4, 0.5) is 10.1 Å². The summed E-state index contributed by atoms with van der Waals surface area (Å²) in [6.45, 7) is 0. The van der Waals surface area contributed by atoms with Crippen LogP contribution in [0.2, 0.25) is 0 Å². The van der Waals surface area contributed by atoms with E-state index in [0.29, 0.717) is 9.35 Å². The molecule has 1 heterocycles. The molecule has 88 valence electrons. The first-order valence-corrected chi connectivity index (χ1v) is 6.18. The summed E-state index contributed by atoms with van der Waals surface area (Å²) in [7, 11) is 0. The molecule has 2 aromatic rings. The van der Waals surface area contributed by atoms with Crippen LogP contribution in [0.15, 0.2) is 28.7 Å². The molecule has 0 saturated heterocycles. The molecule has 3 nitrogen and oxygen atoms in total. The van der Waals surface area contributed by atoms with E-state index >= 15 is 0 Å². The molecule has 0 unspecified atom stereocenters. The first-order chi connectivity index (χ1) is 7.99. The predicted molar refractivity (Wildman–Crippen MR) is 68.8 cm³/mol. The number of carbonyl (C=O) groups is 1. The second kappa shape index (κ2) is 4.46. The Balaban J connectivity index is 2.53. The van der Waals surface area contributed by atoms with Crippen molar-refractivity contribution in [3.05, 3.63) is 39.4 Å². The minimum Gasteiger partial charge on any atom is -0.477 e. The number of hydrogen-bond donors (Lipinski definition) is 2. The van der Waals surface area contributed by atoms with Crippen molar-refractivity contribution in [3.63, 3.8) is 0 Å². The van der Waals surface area contributed by atoms with E-state index in [0.717, 1.165) is 16.9 Å². The van der Waals surface area contributed by atoms with E-state index in [1.54, 1.807) is 12.1 Å². The number of rotatable bonds is 2. The van der Waals surface area contributed by atoms with Gasteiger partial charge in [0.1, 0.15) is 10.7 Å². The van der Waals surface area contributed by atoms with Gasteiger partial charge in [0.2, 0.25) is 0 Å². The topological polar surface area (TPSA) is 63.3 Å². The van der Waals surface area contributed by atoms with Crippen LogP contribution < -0.4 is 5.73 Å². The van der Waals surface area contributed by atoms with Crippen molar-refractivity contribution < 1.29 is 14.3 Å². The highest BCUT2D eigenvalue weighted by Crippen LogP contribution is 2.37. The van der Waals surface area contributed by atoms with Crippen LogP contribution >= 0.6 is 27.3 Å². The summed E-state index contributed by atoms with van der Waals surface area (Å²) in [5, 5.41) is 8.90. The number of carboxylic acid groups (broad SMARTS) is 1. The first kappa shape index (κ1) is 12.1. The Labute approximate surface area is 109 Å². The summed E-state index contributed by atoms with van der Waals surface area (Å²) in [6.07, 6.45) is 0. The van der Waals surface area contributed by atoms with E-state index in [4.69, 9.17) is 10.8 Å². The maximum absolute atomic E-state index is 12.9. The van der Waals surface area contributed by atoms with Gasteiger partial charge in [-0.05, 0) is 24.3 Å². The summed E-state index contributed by atoms with van der Waals surface area (Å²) in [5.41, 5.74) is 6.53. The van der Waals surface area contributed by atoms with Gasteiger partial charge in [0.05, 0.1) is 5.69 Å². The number of nitrogen functional groups attached to an aromatic ring is 1. The summed E-state index contributed by atoms with van der Waals surface area (Å²) in [5.74, 6) is -1.42. The number of anilines is 1. The molecule has 0 radical (unpaired) electrons. The fraction of sp³-hybridized carbons (Fsp3) is 0. The van der Waals surface area contributed by atoms with Crippen molar-refractivity contribution in [2.45, 2.75) is 0 Å². The smallest absolute Gasteiger partial charge is 0.348 e. The molecule has 0 aliphatic rings. The second-order valence-electron chi connectivity index (χ2n) is 3.32. The Hall–Kier alpha value is -1.40. The molecule has 0 aliphatic heterocycles. The van der Waals surface area contributed by atoms with Crippen LogP contribution in [-0.2, 0) is 0 Å². The van der Waals surface area contributed by atoms with Crippen molar-refractivity contribution >= 4 is 38.9 Å². The highest BCUT2D eigenvalue weighted by Gasteiger charge is 2.15. The Morgan fingerprint density at radius 1 is 1.41 bits per heavy atom. The van der Waals surface area contributed by atoms with Gasteiger partial charge in [-0.2, -0.15) is 0 Å². The minimum atomic E-state index is -1.06. The fourth-order valence-corrected chi connectivity index (χ4v) is 3.05. The monoisotopic (exact) mass is 315 g/mol. The summed E-state index contributed by atoms with van der Waals surface area (Å²) in [6, 6.07) is 5.80. The first-order valence-electron chi connectivity index (χ1n) is 4.57. The van der Waals surface area contributed by atoms with Gasteiger partial charge in [-0.3, -0.25) is 0 Å². The van der Waals surface area contributed by atoms with Crippen LogP contribution in [0.25, 0.3) is 10.4 Å². The molecule has 0 amide bonds. The van der Waals surface area contributed by atoms with Gasteiger partial charge >= 0.3 is 5.97 Å². The third-order valence-electron chi connectivity index (χ3n) is 2.15. The second-order valence-corrected chi connectivity index (χ2v) is 5.23. The molecule has 17 heavy (non-hydrogen) atoms. The lowest BCUT2D eigenvalue weighted by Crippen LogP contribution is -1.96. The third kappa shape index (κ3) is 2.32. The number of thiophene rings is 1. The molecule has 1 aromatic carbocycles. The Morgan fingerprint density at radius 3 is 2.65 bits per heavy atom. The fourth-order valence-electron chi connectivity index (χ4n) is 1.39. The normalized spacial score (nSPS) is 10.5. The van der Waals surface area contributed by atoms with Gasteiger partial charge in [-0.15, -0.1) is 11.3 Å². The average Bonchev–Trinajstić information content (AvgIpc) is 2.60. The molecule has 0 bridgehead atoms. The highest BCUT2D eigenvalue weighted by atomic mass is 79.9. The third-order valence-corrected chi connectivity index (χ3v) is 3.98. The van der Waals surface area contributed by atoms with Gasteiger partial charge in [-0.1, -0.05) is 15.9 Å². The van der Waals surface area contributed by atoms with E-state index < -0.39 is 5.97 Å². The van der Waals surface area contributed by atoms with E-state index in [9.17, 15) is 9.18 Å². The lowest BCUT2D eigenvalue weighted by Gasteiger charge is -2.00. The van der Waals surface area contributed by atoms with Crippen molar-refractivity contribution in [1.82, 2.24) is 0 Å². The molecule has 0 aliphatic carbocycles. The van der Waals surface area contributed by atoms with Gasteiger partial charge in [0.25, 0.3) is 0 Å². The van der Waals surface area contributed by atoms with E-state index in [2.05, 4.69) is 15.9 Å². The van der Waals surface area contributed by atoms with Crippen LogP contribution in [0, 0.1) is 5.82 Å². The average molecular weight is 316 g/mol. The molecule has 0 atom stereocenters. The maximum Gasteiger partial charge on any atom is 0.348 e. The molecular formula is C11H7BrFNO2S. The van der Waals surface area contributed by atoms with E-state index in [1.165, 1.54) is 12.1 Å². The van der Waals surface area contributed by atoms with Crippen molar-refractivity contribution in [2.75, 3.05) is 5.73 Å². The largest absolute Gasteiger partial charge is 0.477 e. The number of nitrogens with two attached hydrogens (primary N) is 1. The van der Waals surface area contributed by atoms with Gasteiger partial charge < -0.3 is 10.8 Å². The quantitative estimate of drug-likeness (QED) is 0.890. The Kier molecular flexibility index (Phi) is 3.17. The van der Waals surface area contributed by atoms with Gasteiger partial charge in [-0.25, -0.2) is 9.18 Å². The SMILES string of the molecule is Nc1cc(-c2ccc(F)cc2Br)sc1C(=O)O. The zero-order valence-electron chi connectivity index (χ0n) is 8.41. The molecule has 0 spiro atoms. The van der Waals surface area contributed by atoms with Gasteiger partial charge in [0, 0.05) is 14.9 Å². The maximum atomic E-state index is 12.9. The van der Waals surface area contributed by atoms with Gasteiger partial charge in [0.15, 0.2) is 0 Å². The van der Waals surface area contributed by atoms with Crippen LogP contribution in [0.5, 0.6) is 0 Å². The summed E-state index contributed by atoms with van der Waals surface area (Å²) >= 11 is 4.30. The molecule has 0 fully saturated rings. The van der Waals surface area contributed by atoms with E-state index in [-0.39, 0.29) is 16.4 Å². The molecule has 1 aromatic heterocycles. The number of hydrogen-bond acceptors (Lipinski definition) is 3. The number of benzene rings is 1. The van der Waals surface area contributed by atoms with Crippen molar-refractivity contribution in [2.24, 2.45) is 0 Å². The molecular weight excluding hydrogens is 309 g/mol. The minimum absolute atomic E-state index is 0.0937. The Bertz CT molecular complexity index is 597. The lowest BCUT2D eigenvalue weighted by molar-refractivity contribution is 0.0703. The van der Waals surface area contributed by atoms with Crippen LogP contribution in [0.1, 0.15) is 9.67 Å². The van der Waals surface area contributed by atoms with Crippen LogP contribution in [0.3, 0.4) is 0 Å². The Morgan fingerprint density at radius 2 is 2.12 bits per heavy atom. The van der Waals surface area contributed by atoms with Crippen molar-refractivity contribution in [3.8, 4) is 10.4 Å². The number of halogens is 2. The van der Waals surface area contributed by atoms with Crippen molar-refractivity contribution in [1.29, 1.82) is 0 Å². The molecule has 3 N–H and O–H groups in total. The highest BCUT2D eigenvalue weighted by molar-refractivity contribution is 9.10.